The molecule has 2 heterocycles. The zero-order chi connectivity index (χ0) is 18.7. The summed E-state index contributed by atoms with van der Waals surface area (Å²) in [5.41, 5.74) is -0.0510. The average Bonchev–Trinajstić information content (AvgIpc) is 2.62. The number of hydrogen-bond acceptors (Lipinski definition) is 7. The van der Waals surface area contributed by atoms with Crippen LogP contribution in [0.5, 0.6) is 0 Å². The van der Waals surface area contributed by atoms with E-state index >= 15 is 0 Å². The summed E-state index contributed by atoms with van der Waals surface area (Å²) >= 11 is 0. The third-order valence-electron chi connectivity index (χ3n) is 3.42. The number of nitrogens with zero attached hydrogens (tertiary/aromatic N) is 3. The molecule has 0 unspecified atom stereocenters. The number of aryl methyl sites for hydroxylation is 1. The molecule has 0 aliphatic rings. The first-order valence-corrected chi connectivity index (χ1v) is 8.86. The van der Waals surface area contributed by atoms with Gasteiger partial charge in [0.1, 0.15) is 11.3 Å². The van der Waals surface area contributed by atoms with E-state index in [2.05, 4.69) is 20.2 Å². The Kier molecular flexibility index (Phi) is 4.59. The van der Waals surface area contributed by atoms with Gasteiger partial charge in [0.2, 0.25) is 0 Å². The van der Waals surface area contributed by atoms with E-state index in [1.54, 1.807) is 31.2 Å². The first-order valence-electron chi connectivity index (χ1n) is 7.38. The van der Waals surface area contributed by atoms with Gasteiger partial charge < -0.3 is 4.98 Å². The topological polar surface area (TPSA) is 135 Å². The lowest BCUT2D eigenvalue weighted by Gasteiger charge is -2.07. The minimum atomic E-state index is -4.11. The SMILES string of the molecule is Cc1ccc(S(=O)(=O)NC(=O)c2cnc(-c3cccnn3)[nH]c2=O)cc1. The molecule has 0 aliphatic carbocycles. The molecule has 132 valence electrons. The molecule has 0 radical (unpaired) electrons. The molecule has 0 saturated carbocycles. The Morgan fingerprint density at radius 2 is 1.88 bits per heavy atom. The summed E-state index contributed by atoms with van der Waals surface area (Å²) in [4.78, 5) is 30.5. The number of carbonyl (C=O) groups excluding carboxylic acids is 1. The van der Waals surface area contributed by atoms with Crippen molar-refractivity contribution in [3.63, 3.8) is 0 Å². The van der Waals surface area contributed by atoms with Crippen LogP contribution >= 0.6 is 0 Å². The highest BCUT2D eigenvalue weighted by Gasteiger charge is 2.21. The van der Waals surface area contributed by atoms with E-state index in [-0.39, 0.29) is 10.7 Å². The van der Waals surface area contributed by atoms with E-state index in [0.717, 1.165) is 11.8 Å². The summed E-state index contributed by atoms with van der Waals surface area (Å²) in [6.07, 6.45) is 2.45. The molecule has 2 N–H and O–H groups in total. The van der Waals surface area contributed by atoms with Crippen molar-refractivity contribution in [2.24, 2.45) is 0 Å². The smallest absolute Gasteiger partial charge is 0.272 e. The molecule has 26 heavy (non-hydrogen) atoms. The molecule has 0 atom stereocenters. The second-order valence-electron chi connectivity index (χ2n) is 5.33. The van der Waals surface area contributed by atoms with Crippen LogP contribution in [0, 0.1) is 6.92 Å². The average molecular weight is 371 g/mol. The number of nitrogens with one attached hydrogen (secondary N) is 2. The lowest BCUT2D eigenvalue weighted by atomic mass is 10.2. The second kappa shape index (κ2) is 6.84. The number of aromatic amines is 1. The van der Waals surface area contributed by atoms with E-state index in [1.165, 1.54) is 18.3 Å². The summed E-state index contributed by atoms with van der Waals surface area (Å²) in [7, 11) is -4.11. The van der Waals surface area contributed by atoms with Crippen LogP contribution in [-0.2, 0) is 10.0 Å². The van der Waals surface area contributed by atoms with E-state index in [1.807, 2.05) is 4.72 Å². The van der Waals surface area contributed by atoms with Crippen LogP contribution in [0.1, 0.15) is 15.9 Å². The molecular formula is C16H13N5O4S. The van der Waals surface area contributed by atoms with Crippen LogP contribution in [0.3, 0.4) is 0 Å². The predicted octanol–water partition coefficient (Wildman–Crippen LogP) is 0.654. The lowest BCUT2D eigenvalue weighted by molar-refractivity contribution is 0.0979. The van der Waals surface area contributed by atoms with Crippen molar-refractivity contribution < 1.29 is 13.2 Å². The Balaban J connectivity index is 1.86. The molecular weight excluding hydrogens is 358 g/mol. The van der Waals surface area contributed by atoms with Gasteiger partial charge in [0.05, 0.1) is 4.90 Å². The summed E-state index contributed by atoms with van der Waals surface area (Å²) in [5, 5.41) is 7.46. The molecule has 9 nitrogen and oxygen atoms in total. The van der Waals surface area contributed by atoms with Gasteiger partial charge in [-0.2, -0.15) is 5.10 Å². The van der Waals surface area contributed by atoms with Crippen molar-refractivity contribution in [3.8, 4) is 11.5 Å². The first-order chi connectivity index (χ1) is 12.4. The number of carbonyl (C=O) groups is 1. The molecule has 10 heteroatoms. The predicted molar refractivity (Wildman–Crippen MR) is 91.7 cm³/mol. The van der Waals surface area contributed by atoms with Gasteiger partial charge in [0.25, 0.3) is 21.5 Å². The van der Waals surface area contributed by atoms with Gasteiger partial charge in [-0.1, -0.05) is 17.7 Å². The molecule has 0 saturated heterocycles. The Bertz CT molecular complexity index is 1110. The monoisotopic (exact) mass is 371 g/mol. The number of sulfonamides is 1. The van der Waals surface area contributed by atoms with Gasteiger partial charge in [0.15, 0.2) is 5.82 Å². The van der Waals surface area contributed by atoms with E-state index in [0.29, 0.717) is 5.69 Å². The van der Waals surface area contributed by atoms with E-state index < -0.39 is 27.1 Å². The van der Waals surface area contributed by atoms with Crippen molar-refractivity contribution in [2.75, 3.05) is 0 Å². The summed E-state index contributed by atoms with van der Waals surface area (Å²) in [5.74, 6) is -0.967. The van der Waals surface area contributed by atoms with Crippen molar-refractivity contribution in [3.05, 3.63) is 70.3 Å². The second-order valence-corrected chi connectivity index (χ2v) is 7.01. The zero-order valence-corrected chi connectivity index (χ0v) is 14.3. The molecule has 0 aliphatic heterocycles. The Hall–Kier alpha value is -3.40. The van der Waals surface area contributed by atoms with Gasteiger partial charge >= 0.3 is 0 Å². The van der Waals surface area contributed by atoms with Gasteiger partial charge in [-0.25, -0.2) is 18.1 Å². The van der Waals surface area contributed by atoms with E-state index in [9.17, 15) is 18.0 Å². The Morgan fingerprint density at radius 3 is 2.50 bits per heavy atom. The summed E-state index contributed by atoms with van der Waals surface area (Å²) in [6.45, 7) is 1.80. The summed E-state index contributed by atoms with van der Waals surface area (Å²) < 4.78 is 26.3. The molecule has 0 spiro atoms. The molecule has 0 bridgehead atoms. The highest BCUT2D eigenvalue weighted by atomic mass is 32.2. The molecule has 1 aromatic carbocycles. The highest BCUT2D eigenvalue weighted by molar-refractivity contribution is 7.90. The van der Waals surface area contributed by atoms with Crippen molar-refractivity contribution in [1.82, 2.24) is 24.9 Å². The molecule has 3 aromatic rings. The van der Waals surface area contributed by atoms with Crippen molar-refractivity contribution in [2.45, 2.75) is 11.8 Å². The third-order valence-corrected chi connectivity index (χ3v) is 4.76. The Labute approximate surface area is 148 Å². The number of H-pyrrole nitrogens is 1. The third kappa shape index (κ3) is 3.64. The van der Waals surface area contributed by atoms with Crippen LogP contribution in [0.15, 0.2) is 58.5 Å². The molecule has 3 rings (SSSR count). The number of rotatable bonds is 4. The fraction of sp³-hybridized carbons (Fsp3) is 0.0625. The van der Waals surface area contributed by atoms with Crippen molar-refractivity contribution in [1.29, 1.82) is 0 Å². The quantitative estimate of drug-likeness (QED) is 0.687. The van der Waals surface area contributed by atoms with Crippen LogP contribution in [0.25, 0.3) is 11.5 Å². The molecule has 2 aromatic heterocycles. The fourth-order valence-electron chi connectivity index (χ4n) is 2.07. The van der Waals surface area contributed by atoms with Crippen LogP contribution in [0.2, 0.25) is 0 Å². The summed E-state index contributed by atoms with van der Waals surface area (Å²) in [6, 6.07) is 9.12. The number of hydrogen-bond donors (Lipinski definition) is 2. The minimum absolute atomic E-state index is 0.0861. The number of benzene rings is 1. The minimum Gasteiger partial charge on any atom is -0.304 e. The van der Waals surface area contributed by atoms with Crippen molar-refractivity contribution >= 4 is 15.9 Å². The van der Waals surface area contributed by atoms with Gasteiger partial charge in [0, 0.05) is 12.4 Å². The highest BCUT2D eigenvalue weighted by Crippen LogP contribution is 2.11. The number of amides is 1. The van der Waals surface area contributed by atoms with Gasteiger partial charge in [-0.15, -0.1) is 5.10 Å². The maximum absolute atomic E-state index is 12.2. The Morgan fingerprint density at radius 1 is 1.15 bits per heavy atom. The fourth-order valence-corrected chi connectivity index (χ4v) is 3.03. The largest absolute Gasteiger partial charge is 0.304 e. The van der Waals surface area contributed by atoms with Crippen LogP contribution < -0.4 is 10.3 Å². The standard InChI is InChI=1S/C16H13N5O4S/c1-10-4-6-11(7-5-10)26(24,25)21-16(23)12-9-17-14(19-15(12)22)13-3-2-8-18-20-13/h2-9H,1H3,(H,21,23)(H,17,19,22). The lowest BCUT2D eigenvalue weighted by Crippen LogP contribution is -2.34. The molecule has 1 amide bonds. The van der Waals surface area contributed by atoms with Gasteiger partial charge in [-0.3, -0.25) is 9.59 Å². The maximum atomic E-state index is 12.2. The molecule has 0 fully saturated rings. The maximum Gasteiger partial charge on any atom is 0.272 e. The normalized spacial score (nSPS) is 11.1. The zero-order valence-electron chi connectivity index (χ0n) is 13.5. The van der Waals surface area contributed by atoms with E-state index in [4.69, 9.17) is 0 Å². The first kappa shape index (κ1) is 17.4. The van der Waals surface area contributed by atoms with Crippen LogP contribution in [-0.4, -0.2) is 34.5 Å². The van der Waals surface area contributed by atoms with Gasteiger partial charge in [-0.05, 0) is 31.2 Å². The van der Waals surface area contributed by atoms with Crippen LogP contribution in [0.4, 0.5) is 0 Å². The number of aromatic nitrogens is 4.